The zero-order valence-electron chi connectivity index (χ0n) is 7.22. The molecule has 0 atom stereocenters. The Balaban J connectivity index is 2.96. The molecule has 0 fully saturated rings. The molecule has 0 spiro atoms. The zero-order chi connectivity index (χ0) is 8.27. The quantitative estimate of drug-likeness (QED) is 0.642. The summed E-state index contributed by atoms with van der Waals surface area (Å²) in [6, 6.07) is 6.12. The van der Waals surface area contributed by atoms with Gasteiger partial charge in [0, 0.05) is 5.69 Å². The lowest BCUT2D eigenvalue weighted by atomic mass is 10.0. The van der Waals surface area contributed by atoms with Crippen LogP contribution in [0.4, 0.5) is 5.69 Å². The first-order chi connectivity index (χ1) is 5.25. The molecule has 11 heavy (non-hydrogen) atoms. The van der Waals surface area contributed by atoms with Gasteiger partial charge in [0.1, 0.15) is 0 Å². The van der Waals surface area contributed by atoms with Gasteiger partial charge in [-0.3, -0.25) is 0 Å². The Bertz CT molecular complexity index is 241. The standard InChI is InChI=1S/C10H15N/c1-3-5-9-6-4-7-10(11)8(9)2/h4,6-7H,3,5,11H2,1-2H3. The van der Waals surface area contributed by atoms with Crippen molar-refractivity contribution in [3.8, 4) is 0 Å². The first-order valence-electron chi connectivity index (χ1n) is 4.09. The minimum atomic E-state index is 0.913. The molecule has 0 saturated heterocycles. The summed E-state index contributed by atoms with van der Waals surface area (Å²) in [5.41, 5.74) is 9.29. The van der Waals surface area contributed by atoms with Gasteiger partial charge in [-0.1, -0.05) is 25.5 Å². The third-order valence-corrected chi connectivity index (χ3v) is 2.01. The molecular weight excluding hydrogens is 134 g/mol. The molecule has 1 rings (SSSR count). The van der Waals surface area contributed by atoms with Crippen LogP contribution in [0.25, 0.3) is 0 Å². The summed E-state index contributed by atoms with van der Waals surface area (Å²) in [4.78, 5) is 0. The van der Waals surface area contributed by atoms with Gasteiger partial charge in [-0.2, -0.15) is 0 Å². The Hall–Kier alpha value is -0.980. The predicted molar refractivity (Wildman–Crippen MR) is 49.6 cm³/mol. The second-order valence-corrected chi connectivity index (χ2v) is 2.88. The van der Waals surface area contributed by atoms with Crippen molar-refractivity contribution in [3.05, 3.63) is 29.3 Å². The summed E-state index contributed by atoms with van der Waals surface area (Å²) in [6.07, 6.45) is 2.32. The molecule has 0 aliphatic rings. The molecule has 0 bridgehead atoms. The smallest absolute Gasteiger partial charge is 0.0346 e. The van der Waals surface area contributed by atoms with Gasteiger partial charge < -0.3 is 5.73 Å². The Kier molecular flexibility index (Phi) is 2.53. The number of hydrogen-bond donors (Lipinski definition) is 1. The molecule has 0 aliphatic heterocycles. The van der Waals surface area contributed by atoms with E-state index in [1.807, 2.05) is 12.1 Å². The average molecular weight is 149 g/mol. The van der Waals surface area contributed by atoms with E-state index in [2.05, 4.69) is 19.9 Å². The van der Waals surface area contributed by atoms with Crippen molar-refractivity contribution in [1.82, 2.24) is 0 Å². The summed E-state index contributed by atoms with van der Waals surface area (Å²) in [6.45, 7) is 4.27. The Morgan fingerprint density at radius 1 is 1.36 bits per heavy atom. The number of nitrogens with two attached hydrogens (primary N) is 1. The van der Waals surface area contributed by atoms with Crippen LogP contribution in [0.15, 0.2) is 18.2 Å². The van der Waals surface area contributed by atoms with Crippen LogP contribution in [0.3, 0.4) is 0 Å². The third kappa shape index (κ3) is 1.73. The van der Waals surface area contributed by atoms with E-state index in [0.717, 1.165) is 12.1 Å². The van der Waals surface area contributed by atoms with Crippen molar-refractivity contribution < 1.29 is 0 Å². The monoisotopic (exact) mass is 149 g/mol. The molecule has 0 aromatic heterocycles. The number of hydrogen-bond acceptors (Lipinski definition) is 1. The van der Waals surface area contributed by atoms with E-state index < -0.39 is 0 Å². The van der Waals surface area contributed by atoms with E-state index in [9.17, 15) is 0 Å². The van der Waals surface area contributed by atoms with E-state index >= 15 is 0 Å². The lowest BCUT2D eigenvalue weighted by Crippen LogP contribution is -1.94. The average Bonchev–Trinajstić information content (AvgIpc) is 1.99. The second kappa shape index (κ2) is 3.42. The third-order valence-electron chi connectivity index (χ3n) is 2.01. The van der Waals surface area contributed by atoms with Crippen LogP contribution in [0.5, 0.6) is 0 Å². The number of anilines is 1. The molecule has 0 unspecified atom stereocenters. The van der Waals surface area contributed by atoms with Crippen molar-refractivity contribution in [2.24, 2.45) is 0 Å². The van der Waals surface area contributed by atoms with Crippen molar-refractivity contribution in [1.29, 1.82) is 0 Å². The fourth-order valence-corrected chi connectivity index (χ4v) is 1.24. The molecule has 0 aliphatic carbocycles. The molecule has 0 heterocycles. The van der Waals surface area contributed by atoms with Crippen LogP contribution in [0.2, 0.25) is 0 Å². The molecule has 1 heteroatoms. The predicted octanol–water partition coefficient (Wildman–Crippen LogP) is 2.53. The van der Waals surface area contributed by atoms with E-state index in [-0.39, 0.29) is 0 Å². The molecule has 1 aromatic rings. The fraction of sp³-hybridized carbons (Fsp3) is 0.400. The Morgan fingerprint density at radius 2 is 2.09 bits per heavy atom. The molecule has 1 nitrogen and oxygen atoms in total. The van der Waals surface area contributed by atoms with Crippen LogP contribution >= 0.6 is 0 Å². The number of aryl methyl sites for hydroxylation is 1. The summed E-state index contributed by atoms with van der Waals surface area (Å²) >= 11 is 0. The summed E-state index contributed by atoms with van der Waals surface area (Å²) in [7, 11) is 0. The van der Waals surface area contributed by atoms with Gasteiger partial charge in [-0.25, -0.2) is 0 Å². The van der Waals surface area contributed by atoms with Crippen LogP contribution in [0.1, 0.15) is 24.5 Å². The molecule has 0 amide bonds. The SMILES string of the molecule is CCCc1cccc(N)c1C. The maximum Gasteiger partial charge on any atom is 0.0346 e. The van der Waals surface area contributed by atoms with Crippen LogP contribution in [-0.4, -0.2) is 0 Å². The number of benzene rings is 1. The van der Waals surface area contributed by atoms with Gasteiger partial charge in [-0.15, -0.1) is 0 Å². The van der Waals surface area contributed by atoms with Gasteiger partial charge in [0.2, 0.25) is 0 Å². The van der Waals surface area contributed by atoms with Crippen molar-refractivity contribution >= 4 is 5.69 Å². The van der Waals surface area contributed by atoms with Crippen LogP contribution in [-0.2, 0) is 6.42 Å². The maximum atomic E-state index is 5.75. The van der Waals surface area contributed by atoms with Gasteiger partial charge in [-0.05, 0) is 30.5 Å². The number of nitrogen functional groups attached to an aromatic ring is 1. The van der Waals surface area contributed by atoms with Crippen molar-refractivity contribution in [2.75, 3.05) is 5.73 Å². The largest absolute Gasteiger partial charge is 0.399 e. The van der Waals surface area contributed by atoms with E-state index in [0.29, 0.717) is 0 Å². The lowest BCUT2D eigenvalue weighted by molar-refractivity contribution is 0.913. The Morgan fingerprint density at radius 3 is 2.73 bits per heavy atom. The van der Waals surface area contributed by atoms with Gasteiger partial charge >= 0.3 is 0 Å². The van der Waals surface area contributed by atoms with Gasteiger partial charge in [0.15, 0.2) is 0 Å². The highest BCUT2D eigenvalue weighted by atomic mass is 14.6. The fourth-order valence-electron chi connectivity index (χ4n) is 1.24. The molecule has 0 saturated carbocycles. The highest BCUT2D eigenvalue weighted by Gasteiger charge is 1.98. The van der Waals surface area contributed by atoms with Crippen molar-refractivity contribution in [2.45, 2.75) is 26.7 Å². The van der Waals surface area contributed by atoms with E-state index in [1.165, 1.54) is 17.5 Å². The normalized spacial score (nSPS) is 10.0. The minimum absolute atomic E-state index is 0.913. The topological polar surface area (TPSA) is 26.0 Å². The van der Waals surface area contributed by atoms with E-state index in [1.54, 1.807) is 0 Å². The van der Waals surface area contributed by atoms with Gasteiger partial charge in [0.05, 0.1) is 0 Å². The minimum Gasteiger partial charge on any atom is -0.399 e. The van der Waals surface area contributed by atoms with Crippen LogP contribution < -0.4 is 5.73 Å². The summed E-state index contributed by atoms with van der Waals surface area (Å²) in [5, 5.41) is 0. The zero-order valence-corrected chi connectivity index (χ0v) is 7.22. The number of rotatable bonds is 2. The maximum absolute atomic E-state index is 5.75. The van der Waals surface area contributed by atoms with Crippen molar-refractivity contribution in [3.63, 3.8) is 0 Å². The summed E-state index contributed by atoms with van der Waals surface area (Å²) < 4.78 is 0. The molecule has 1 aromatic carbocycles. The van der Waals surface area contributed by atoms with Gasteiger partial charge in [0.25, 0.3) is 0 Å². The molecule has 60 valence electrons. The Labute approximate surface area is 68.2 Å². The second-order valence-electron chi connectivity index (χ2n) is 2.88. The molecular formula is C10H15N. The van der Waals surface area contributed by atoms with Crippen LogP contribution in [0, 0.1) is 6.92 Å². The van der Waals surface area contributed by atoms with E-state index in [4.69, 9.17) is 5.73 Å². The first-order valence-corrected chi connectivity index (χ1v) is 4.09. The highest BCUT2D eigenvalue weighted by molar-refractivity contribution is 5.49. The highest BCUT2D eigenvalue weighted by Crippen LogP contribution is 2.16. The molecule has 0 radical (unpaired) electrons. The first kappa shape index (κ1) is 8.12. The molecule has 2 N–H and O–H groups in total. The lowest BCUT2D eigenvalue weighted by Gasteiger charge is -2.05. The summed E-state index contributed by atoms with van der Waals surface area (Å²) in [5.74, 6) is 0.